The Hall–Kier alpha value is -1.42. The maximum atomic E-state index is 10.2. The van der Waals surface area contributed by atoms with Crippen LogP contribution >= 0.6 is 11.6 Å². The van der Waals surface area contributed by atoms with Crippen molar-refractivity contribution in [3.63, 3.8) is 0 Å². The molecule has 1 aromatic rings. The Labute approximate surface area is 79.9 Å². The van der Waals surface area contributed by atoms with Gasteiger partial charge in [-0.25, -0.2) is 14.8 Å². The van der Waals surface area contributed by atoms with Crippen LogP contribution in [0, 0.1) is 6.92 Å². The van der Waals surface area contributed by atoms with E-state index >= 15 is 0 Å². The van der Waals surface area contributed by atoms with E-state index in [1.165, 1.54) is 12.3 Å². The minimum atomic E-state index is -1.01. The molecule has 0 atom stereocenters. The molecular formula is C8H7ClN2O2. The third kappa shape index (κ3) is 2.83. The molecule has 0 amide bonds. The Morgan fingerprint density at radius 2 is 2.38 bits per heavy atom. The van der Waals surface area contributed by atoms with E-state index in [0.717, 1.165) is 6.08 Å². The summed E-state index contributed by atoms with van der Waals surface area (Å²) < 4.78 is 0. The van der Waals surface area contributed by atoms with Crippen LogP contribution in [-0.4, -0.2) is 21.0 Å². The van der Waals surface area contributed by atoms with Crippen LogP contribution in [0.2, 0.25) is 5.28 Å². The summed E-state index contributed by atoms with van der Waals surface area (Å²) in [6.45, 7) is 1.73. The van der Waals surface area contributed by atoms with Gasteiger partial charge in [-0.1, -0.05) is 0 Å². The molecule has 0 bridgehead atoms. The van der Waals surface area contributed by atoms with E-state index < -0.39 is 5.97 Å². The summed E-state index contributed by atoms with van der Waals surface area (Å²) in [5.41, 5.74) is 1.30. The highest BCUT2D eigenvalue weighted by Crippen LogP contribution is 2.08. The van der Waals surface area contributed by atoms with Crippen LogP contribution in [0.1, 0.15) is 11.3 Å². The Morgan fingerprint density at radius 3 is 2.92 bits per heavy atom. The third-order valence-electron chi connectivity index (χ3n) is 1.39. The van der Waals surface area contributed by atoms with Gasteiger partial charge < -0.3 is 5.11 Å². The molecule has 0 unspecified atom stereocenters. The standard InChI is InChI=1S/C8H7ClN2O2/c1-5-6(2-3-7(12)13)4-10-8(9)11-5/h2-4H,1H3,(H,12,13). The number of hydrogen-bond donors (Lipinski definition) is 1. The molecule has 1 rings (SSSR count). The van der Waals surface area contributed by atoms with Crippen LogP contribution < -0.4 is 0 Å². The Balaban J connectivity index is 2.96. The normalized spacial score (nSPS) is 10.6. The van der Waals surface area contributed by atoms with E-state index in [-0.39, 0.29) is 5.28 Å². The zero-order valence-corrected chi connectivity index (χ0v) is 7.62. The molecule has 5 heteroatoms. The van der Waals surface area contributed by atoms with E-state index in [0.29, 0.717) is 11.3 Å². The van der Waals surface area contributed by atoms with Crippen molar-refractivity contribution in [2.75, 3.05) is 0 Å². The minimum Gasteiger partial charge on any atom is -0.478 e. The monoisotopic (exact) mass is 198 g/mol. The quantitative estimate of drug-likeness (QED) is 0.578. The summed E-state index contributed by atoms with van der Waals surface area (Å²) in [5.74, 6) is -1.01. The SMILES string of the molecule is Cc1nc(Cl)ncc1C=CC(=O)O. The second-order valence-corrected chi connectivity index (χ2v) is 2.69. The van der Waals surface area contributed by atoms with Gasteiger partial charge >= 0.3 is 5.97 Å². The van der Waals surface area contributed by atoms with Gasteiger partial charge in [0.05, 0.1) is 0 Å². The molecule has 0 saturated carbocycles. The smallest absolute Gasteiger partial charge is 0.328 e. The predicted octanol–water partition coefficient (Wildman–Crippen LogP) is 1.54. The van der Waals surface area contributed by atoms with Gasteiger partial charge in [0.1, 0.15) is 0 Å². The number of carboxylic acids is 1. The number of halogens is 1. The Kier molecular flexibility index (Phi) is 2.97. The Morgan fingerprint density at radius 1 is 1.69 bits per heavy atom. The number of carbonyl (C=O) groups is 1. The molecule has 0 aromatic carbocycles. The van der Waals surface area contributed by atoms with E-state index in [1.807, 2.05) is 0 Å². The van der Waals surface area contributed by atoms with Gasteiger partial charge in [-0.3, -0.25) is 0 Å². The molecule has 0 saturated heterocycles. The summed E-state index contributed by atoms with van der Waals surface area (Å²) >= 11 is 5.52. The molecule has 0 aliphatic heterocycles. The molecule has 68 valence electrons. The highest BCUT2D eigenvalue weighted by atomic mass is 35.5. The van der Waals surface area contributed by atoms with E-state index in [1.54, 1.807) is 6.92 Å². The summed E-state index contributed by atoms with van der Waals surface area (Å²) in [5, 5.41) is 8.52. The number of aliphatic carboxylic acids is 1. The van der Waals surface area contributed by atoms with Crippen molar-refractivity contribution in [1.29, 1.82) is 0 Å². The molecule has 1 aromatic heterocycles. The third-order valence-corrected chi connectivity index (χ3v) is 1.58. The van der Waals surface area contributed by atoms with Crippen LogP contribution in [-0.2, 0) is 4.79 Å². The van der Waals surface area contributed by atoms with Crippen LogP contribution in [0.15, 0.2) is 12.3 Å². The highest BCUT2D eigenvalue weighted by molar-refractivity contribution is 6.28. The molecule has 1 N–H and O–H groups in total. The van der Waals surface area contributed by atoms with Crippen molar-refractivity contribution in [2.24, 2.45) is 0 Å². The summed E-state index contributed by atoms with van der Waals surface area (Å²) in [7, 11) is 0. The van der Waals surface area contributed by atoms with Crippen molar-refractivity contribution in [3.8, 4) is 0 Å². The van der Waals surface area contributed by atoms with Gasteiger partial charge in [0.15, 0.2) is 0 Å². The number of aryl methyl sites for hydroxylation is 1. The van der Waals surface area contributed by atoms with Crippen molar-refractivity contribution in [1.82, 2.24) is 9.97 Å². The first kappa shape index (κ1) is 9.67. The number of nitrogens with zero attached hydrogens (tertiary/aromatic N) is 2. The van der Waals surface area contributed by atoms with Gasteiger partial charge in [-0.05, 0) is 24.6 Å². The largest absolute Gasteiger partial charge is 0.478 e. The van der Waals surface area contributed by atoms with Crippen molar-refractivity contribution < 1.29 is 9.90 Å². The van der Waals surface area contributed by atoms with E-state index in [9.17, 15) is 4.79 Å². The fourth-order valence-electron chi connectivity index (χ4n) is 0.773. The lowest BCUT2D eigenvalue weighted by Crippen LogP contribution is -1.91. The van der Waals surface area contributed by atoms with Gasteiger partial charge in [-0.2, -0.15) is 0 Å². The van der Waals surface area contributed by atoms with E-state index in [2.05, 4.69) is 9.97 Å². The average Bonchev–Trinajstić information content (AvgIpc) is 2.02. The molecule has 0 spiro atoms. The summed E-state index contributed by atoms with van der Waals surface area (Å²) in [6.07, 6.45) is 3.93. The first-order valence-electron chi connectivity index (χ1n) is 3.50. The minimum absolute atomic E-state index is 0.157. The molecule has 0 aliphatic carbocycles. The second kappa shape index (κ2) is 4.00. The van der Waals surface area contributed by atoms with Crippen LogP contribution in [0.3, 0.4) is 0 Å². The first-order chi connectivity index (χ1) is 6.09. The summed E-state index contributed by atoms with van der Waals surface area (Å²) in [4.78, 5) is 17.8. The molecule has 0 aliphatic rings. The lowest BCUT2D eigenvalue weighted by Gasteiger charge is -1.97. The van der Waals surface area contributed by atoms with Gasteiger partial charge in [0, 0.05) is 23.5 Å². The number of aromatic nitrogens is 2. The lowest BCUT2D eigenvalue weighted by molar-refractivity contribution is -0.131. The molecule has 4 nitrogen and oxygen atoms in total. The van der Waals surface area contributed by atoms with Crippen molar-refractivity contribution in [2.45, 2.75) is 6.92 Å². The molecule has 0 fully saturated rings. The highest BCUT2D eigenvalue weighted by Gasteiger charge is 1.98. The maximum absolute atomic E-state index is 10.2. The molecular weight excluding hydrogens is 192 g/mol. The lowest BCUT2D eigenvalue weighted by atomic mass is 10.2. The number of carboxylic acid groups (broad SMARTS) is 1. The van der Waals surface area contributed by atoms with E-state index in [4.69, 9.17) is 16.7 Å². The fourth-order valence-corrected chi connectivity index (χ4v) is 0.948. The topological polar surface area (TPSA) is 63.1 Å². The molecule has 1 heterocycles. The van der Waals surface area contributed by atoms with Gasteiger partial charge in [0.2, 0.25) is 5.28 Å². The number of rotatable bonds is 2. The first-order valence-corrected chi connectivity index (χ1v) is 3.87. The fraction of sp³-hybridized carbons (Fsp3) is 0.125. The second-order valence-electron chi connectivity index (χ2n) is 2.35. The summed E-state index contributed by atoms with van der Waals surface area (Å²) in [6, 6.07) is 0. The van der Waals surface area contributed by atoms with Crippen molar-refractivity contribution >= 4 is 23.6 Å². The number of hydrogen-bond acceptors (Lipinski definition) is 3. The maximum Gasteiger partial charge on any atom is 0.328 e. The van der Waals surface area contributed by atoms with Crippen molar-refractivity contribution in [3.05, 3.63) is 28.8 Å². The molecule has 13 heavy (non-hydrogen) atoms. The van der Waals surface area contributed by atoms with Gasteiger partial charge in [0.25, 0.3) is 0 Å². The molecule has 0 radical (unpaired) electrons. The Bertz CT molecular complexity index is 363. The van der Waals surface area contributed by atoms with Crippen LogP contribution in [0.5, 0.6) is 0 Å². The average molecular weight is 199 g/mol. The van der Waals surface area contributed by atoms with Crippen LogP contribution in [0.25, 0.3) is 6.08 Å². The van der Waals surface area contributed by atoms with Gasteiger partial charge in [-0.15, -0.1) is 0 Å². The zero-order chi connectivity index (χ0) is 9.84. The predicted molar refractivity (Wildman–Crippen MR) is 48.4 cm³/mol. The zero-order valence-electron chi connectivity index (χ0n) is 6.86. The van der Waals surface area contributed by atoms with Crippen LogP contribution in [0.4, 0.5) is 0 Å².